The lowest BCUT2D eigenvalue weighted by atomic mass is 10.1. The van der Waals surface area contributed by atoms with E-state index in [1.54, 1.807) is 0 Å². The maximum Gasteiger partial charge on any atom is 0.437 e. The van der Waals surface area contributed by atoms with Crippen LogP contribution in [-0.4, -0.2) is 25.4 Å². The van der Waals surface area contributed by atoms with Gasteiger partial charge in [0, 0.05) is 5.56 Å². The van der Waals surface area contributed by atoms with Crippen LogP contribution >= 0.6 is 0 Å². The molecule has 27 heavy (non-hydrogen) atoms. The average molecular weight is 413 g/mol. The van der Waals surface area contributed by atoms with Crippen molar-refractivity contribution >= 4 is 15.8 Å². The van der Waals surface area contributed by atoms with Crippen molar-refractivity contribution in [3.8, 4) is 5.75 Å². The van der Waals surface area contributed by atoms with Crippen LogP contribution in [0.3, 0.4) is 0 Å². The molecule has 2 rings (SSSR count). The Balaban J connectivity index is 2.48. The second-order valence-electron chi connectivity index (χ2n) is 5.01. The van der Waals surface area contributed by atoms with Gasteiger partial charge in [0.1, 0.15) is 10.6 Å². The number of hydrogen-bond acceptors (Lipinski definition) is 5. The number of benzene rings is 2. The van der Waals surface area contributed by atoms with Crippen LogP contribution in [0, 0.1) is 0 Å². The van der Waals surface area contributed by atoms with Crippen molar-refractivity contribution in [1.29, 1.82) is 0 Å². The Hall–Kier alpha value is -2.76. The van der Waals surface area contributed by atoms with E-state index in [-0.39, 0.29) is 5.75 Å². The molecule has 2 aromatic rings. The molecular formula is C15H9F6NO4S. The predicted octanol–water partition coefficient (Wildman–Crippen LogP) is 4.08. The van der Waals surface area contributed by atoms with E-state index in [9.17, 15) is 34.8 Å². The summed E-state index contributed by atoms with van der Waals surface area (Å²) in [5, 5.41) is 11.6. The van der Waals surface area contributed by atoms with E-state index < -0.39 is 44.2 Å². The number of nitrogens with zero attached hydrogens (tertiary/aromatic N) is 1. The SMILES string of the molecule is O=S(=O)(O/N=C(/c1ccc(O)cc1)C(F)(F)F)c1ccccc1C(F)(F)F. The Bertz CT molecular complexity index is 950. The lowest BCUT2D eigenvalue weighted by Gasteiger charge is -2.13. The molecule has 0 atom stereocenters. The zero-order chi connectivity index (χ0) is 20.5. The van der Waals surface area contributed by atoms with Crippen LogP contribution in [0.2, 0.25) is 0 Å². The van der Waals surface area contributed by atoms with Crippen molar-refractivity contribution in [2.75, 3.05) is 0 Å². The Morgan fingerprint density at radius 3 is 2.00 bits per heavy atom. The molecule has 0 radical (unpaired) electrons. The summed E-state index contributed by atoms with van der Waals surface area (Å²) in [5.74, 6) is -0.368. The minimum absolute atomic E-state index is 0.368. The summed E-state index contributed by atoms with van der Waals surface area (Å²) in [6.45, 7) is 0. The second kappa shape index (κ2) is 7.10. The van der Waals surface area contributed by atoms with Crippen molar-refractivity contribution in [3.05, 3.63) is 59.7 Å². The van der Waals surface area contributed by atoms with Gasteiger partial charge < -0.3 is 5.11 Å². The molecule has 1 N–H and O–H groups in total. The van der Waals surface area contributed by atoms with Gasteiger partial charge in [-0.15, -0.1) is 0 Å². The zero-order valence-electron chi connectivity index (χ0n) is 12.9. The van der Waals surface area contributed by atoms with Crippen molar-refractivity contribution in [3.63, 3.8) is 0 Å². The van der Waals surface area contributed by atoms with Crippen LogP contribution in [0.25, 0.3) is 0 Å². The summed E-state index contributed by atoms with van der Waals surface area (Å²) in [6.07, 6.45) is -10.3. The van der Waals surface area contributed by atoms with Crippen LogP contribution in [0.1, 0.15) is 11.1 Å². The summed E-state index contributed by atoms with van der Waals surface area (Å²) in [4.78, 5) is -1.38. The van der Waals surface area contributed by atoms with E-state index in [2.05, 4.69) is 9.44 Å². The fourth-order valence-electron chi connectivity index (χ4n) is 1.93. The van der Waals surface area contributed by atoms with Gasteiger partial charge in [-0.05, 0) is 36.4 Å². The second-order valence-corrected chi connectivity index (χ2v) is 6.50. The summed E-state index contributed by atoms with van der Waals surface area (Å²) >= 11 is 0. The van der Waals surface area contributed by atoms with Crippen molar-refractivity contribution in [2.24, 2.45) is 5.16 Å². The molecule has 0 fully saturated rings. The minimum atomic E-state index is -5.30. The first kappa shape index (κ1) is 20.6. The molecule has 2 aromatic carbocycles. The first-order valence-corrected chi connectivity index (χ1v) is 8.27. The third-order valence-corrected chi connectivity index (χ3v) is 4.26. The number of phenolic OH excluding ortho intramolecular Hbond substituents is 1. The first-order chi connectivity index (χ1) is 12.3. The molecule has 146 valence electrons. The summed E-state index contributed by atoms with van der Waals surface area (Å²) in [5.41, 5.74) is -4.09. The third kappa shape index (κ3) is 4.90. The van der Waals surface area contributed by atoms with Gasteiger partial charge in [-0.3, -0.25) is 4.28 Å². The van der Waals surface area contributed by atoms with Gasteiger partial charge in [0.25, 0.3) is 0 Å². The minimum Gasteiger partial charge on any atom is -0.508 e. The highest BCUT2D eigenvalue weighted by Gasteiger charge is 2.40. The van der Waals surface area contributed by atoms with Crippen LogP contribution in [0.15, 0.2) is 58.6 Å². The molecule has 0 aromatic heterocycles. The fourth-order valence-corrected chi connectivity index (χ4v) is 2.88. The van der Waals surface area contributed by atoms with E-state index in [0.717, 1.165) is 36.4 Å². The van der Waals surface area contributed by atoms with Gasteiger partial charge in [0.2, 0.25) is 0 Å². The van der Waals surface area contributed by atoms with Crippen LogP contribution < -0.4 is 0 Å². The average Bonchev–Trinajstić information content (AvgIpc) is 2.54. The smallest absolute Gasteiger partial charge is 0.437 e. The van der Waals surface area contributed by atoms with E-state index >= 15 is 0 Å². The van der Waals surface area contributed by atoms with Crippen molar-refractivity contribution in [1.82, 2.24) is 0 Å². The van der Waals surface area contributed by atoms with Crippen molar-refractivity contribution < 1.29 is 44.2 Å². The molecule has 0 unspecified atom stereocenters. The number of phenols is 1. The molecule has 0 saturated heterocycles. The van der Waals surface area contributed by atoms with E-state index in [4.69, 9.17) is 5.11 Å². The molecule has 0 heterocycles. The van der Waals surface area contributed by atoms with Gasteiger partial charge in [-0.25, -0.2) is 0 Å². The Morgan fingerprint density at radius 2 is 1.48 bits per heavy atom. The number of alkyl halides is 6. The molecule has 12 heteroatoms. The van der Waals surface area contributed by atoms with Gasteiger partial charge in [-0.1, -0.05) is 17.3 Å². The van der Waals surface area contributed by atoms with Gasteiger partial charge in [0.05, 0.1) is 5.56 Å². The quantitative estimate of drug-likeness (QED) is 0.466. The van der Waals surface area contributed by atoms with E-state index in [1.165, 1.54) is 0 Å². The molecule has 0 aliphatic carbocycles. The number of aromatic hydroxyl groups is 1. The lowest BCUT2D eigenvalue weighted by molar-refractivity contribution is -0.140. The standard InChI is InChI=1S/C15H9F6NO4S/c16-14(17,18)11-3-1-2-4-12(11)27(24,25)26-22-13(15(19,20)21)9-5-7-10(23)8-6-9/h1-8,23H/b22-13-. The Labute approximate surface area is 148 Å². The monoisotopic (exact) mass is 413 g/mol. The molecule has 0 spiro atoms. The summed E-state index contributed by atoms with van der Waals surface area (Å²) < 4.78 is 106. The molecule has 0 aliphatic heterocycles. The summed E-state index contributed by atoms with van der Waals surface area (Å²) in [7, 11) is -5.30. The van der Waals surface area contributed by atoms with E-state index in [0.29, 0.717) is 12.1 Å². The van der Waals surface area contributed by atoms with Gasteiger partial charge in [0.15, 0.2) is 5.71 Å². The Kier molecular flexibility index (Phi) is 5.40. The number of oxime groups is 1. The molecule has 0 saturated carbocycles. The number of rotatable bonds is 4. The topological polar surface area (TPSA) is 76.0 Å². The third-order valence-electron chi connectivity index (χ3n) is 3.10. The zero-order valence-corrected chi connectivity index (χ0v) is 13.7. The summed E-state index contributed by atoms with van der Waals surface area (Å²) in [6, 6.07) is 6.13. The first-order valence-electron chi connectivity index (χ1n) is 6.87. The predicted molar refractivity (Wildman–Crippen MR) is 80.4 cm³/mol. The number of hydrogen-bond donors (Lipinski definition) is 1. The van der Waals surface area contributed by atoms with Gasteiger partial charge in [-0.2, -0.15) is 34.8 Å². The highest BCUT2D eigenvalue weighted by molar-refractivity contribution is 7.86. The van der Waals surface area contributed by atoms with E-state index in [1.807, 2.05) is 0 Å². The van der Waals surface area contributed by atoms with Crippen LogP contribution in [0.5, 0.6) is 5.75 Å². The van der Waals surface area contributed by atoms with Gasteiger partial charge >= 0.3 is 22.5 Å². The maximum absolute atomic E-state index is 13.1. The van der Waals surface area contributed by atoms with Crippen LogP contribution in [0.4, 0.5) is 26.3 Å². The van der Waals surface area contributed by atoms with Crippen molar-refractivity contribution in [2.45, 2.75) is 17.2 Å². The van der Waals surface area contributed by atoms with Crippen LogP contribution in [-0.2, 0) is 20.6 Å². The Morgan fingerprint density at radius 1 is 0.926 bits per heavy atom. The maximum atomic E-state index is 13.1. The molecule has 0 aliphatic rings. The highest BCUT2D eigenvalue weighted by Crippen LogP contribution is 2.35. The molecule has 0 bridgehead atoms. The highest BCUT2D eigenvalue weighted by atomic mass is 32.2. The lowest BCUT2D eigenvalue weighted by Crippen LogP contribution is -2.25. The molecule has 5 nitrogen and oxygen atoms in total. The largest absolute Gasteiger partial charge is 0.508 e. The molecular weight excluding hydrogens is 404 g/mol. The normalized spacial score (nSPS) is 13.5. The number of halogens is 6. The molecule has 0 amide bonds. The fraction of sp³-hybridized carbons (Fsp3) is 0.133.